The first-order valence-electron chi connectivity index (χ1n) is 30.3. The molecule has 9 rings (SSSR count). The van der Waals surface area contributed by atoms with E-state index in [4.69, 9.17) is 34.4 Å². The number of aryl methyl sites for hydroxylation is 3. The smallest absolute Gasteiger partial charge is 0.457 e. The third-order valence-corrected chi connectivity index (χ3v) is 17.1. The van der Waals surface area contributed by atoms with Gasteiger partial charge in [-0.15, -0.1) is 5.10 Å². The summed E-state index contributed by atoms with van der Waals surface area (Å²) in [5, 5.41) is 12.3. The van der Waals surface area contributed by atoms with Gasteiger partial charge in [0.05, 0.1) is 47.9 Å². The van der Waals surface area contributed by atoms with E-state index in [2.05, 4.69) is 28.6 Å². The van der Waals surface area contributed by atoms with Gasteiger partial charge in [-0.25, -0.2) is 19.3 Å². The van der Waals surface area contributed by atoms with Crippen molar-refractivity contribution >= 4 is 63.8 Å². The molecule has 0 radical (unpaired) electrons. The molecular formula is C65H82N8O14. The molecule has 3 aromatic heterocycles. The molecule has 3 amide bonds. The normalized spacial score (nSPS) is 19.0. The van der Waals surface area contributed by atoms with Gasteiger partial charge >= 0.3 is 12.1 Å². The van der Waals surface area contributed by atoms with E-state index < -0.39 is 23.6 Å². The number of hydrogen-bond acceptors (Lipinski definition) is 18. The summed E-state index contributed by atoms with van der Waals surface area (Å²) in [6.07, 6.45) is 7.82. The second-order valence-electron chi connectivity index (χ2n) is 23.3. The fourth-order valence-corrected chi connectivity index (χ4v) is 12.2. The van der Waals surface area contributed by atoms with Crippen molar-refractivity contribution in [3.8, 4) is 11.4 Å². The van der Waals surface area contributed by atoms with E-state index in [1.54, 1.807) is 59.6 Å². The van der Waals surface area contributed by atoms with Crippen LogP contribution in [0.25, 0.3) is 22.3 Å². The number of carbonyl (C=O) groups excluding carboxylic acids is 8. The van der Waals surface area contributed by atoms with Gasteiger partial charge in [0.25, 0.3) is 5.56 Å². The zero-order valence-corrected chi connectivity index (χ0v) is 49.7. The lowest BCUT2D eigenvalue weighted by Gasteiger charge is -2.35. The zero-order valence-electron chi connectivity index (χ0n) is 49.7. The molecule has 3 N–H and O–H groups in total. The Hall–Kier alpha value is -7.82. The maximum Gasteiger partial charge on any atom is 0.510 e. The first-order valence-corrected chi connectivity index (χ1v) is 30.3. The Labute approximate surface area is 506 Å². The average molecular weight is 1200 g/mol. The molecule has 1 saturated heterocycles. The molecular weight excluding hydrogens is 1120 g/mol. The number of nitrogens with one attached hydrogen (secondary N) is 1. The van der Waals surface area contributed by atoms with Crippen LogP contribution in [0.1, 0.15) is 151 Å². The van der Waals surface area contributed by atoms with Crippen LogP contribution >= 0.6 is 0 Å². The van der Waals surface area contributed by atoms with Gasteiger partial charge in [0.1, 0.15) is 32.2 Å². The molecule has 22 nitrogen and oxygen atoms in total. The van der Waals surface area contributed by atoms with Gasteiger partial charge < -0.3 is 39.3 Å². The van der Waals surface area contributed by atoms with E-state index >= 15 is 0 Å². The summed E-state index contributed by atoms with van der Waals surface area (Å²) in [5.41, 5.74) is 10.6. The van der Waals surface area contributed by atoms with Gasteiger partial charge in [0, 0.05) is 91.4 Å². The molecule has 5 aromatic rings. The van der Waals surface area contributed by atoms with Crippen LogP contribution in [0, 0.1) is 30.6 Å². The zero-order chi connectivity index (χ0) is 61.1. The average Bonchev–Trinajstić information content (AvgIpc) is 1.70. The molecule has 1 aliphatic carbocycles. The fourth-order valence-electron chi connectivity index (χ4n) is 12.2. The van der Waals surface area contributed by atoms with Crippen LogP contribution < -0.4 is 16.6 Å². The molecule has 3 atom stereocenters. The summed E-state index contributed by atoms with van der Waals surface area (Å²) in [6, 6.07) is 14.3. The highest BCUT2D eigenvalue weighted by molar-refractivity contribution is 6.03. The third-order valence-electron chi connectivity index (χ3n) is 17.1. The summed E-state index contributed by atoms with van der Waals surface area (Å²) < 4.78 is 31.4. The van der Waals surface area contributed by atoms with Gasteiger partial charge in [0.2, 0.25) is 23.3 Å². The number of benzene rings is 2. The number of esters is 1. The fraction of sp³-hybridized carbons (Fsp3) is 0.538. The Morgan fingerprint density at radius 2 is 1.67 bits per heavy atom. The maximum atomic E-state index is 14.2. The maximum absolute atomic E-state index is 14.2. The summed E-state index contributed by atoms with van der Waals surface area (Å²) in [4.78, 5) is 124. The third kappa shape index (κ3) is 15.5. The highest BCUT2D eigenvalue weighted by atomic mass is 16.7. The number of amides is 3. The first-order chi connectivity index (χ1) is 41.5. The number of pyridine rings is 2. The van der Waals surface area contributed by atoms with Gasteiger partial charge in [0.15, 0.2) is 11.6 Å². The number of nitrogens with zero attached hydrogens (tertiary/aromatic N) is 6. The summed E-state index contributed by atoms with van der Waals surface area (Å²) in [5.74, 6) is -2.44. The monoisotopic (exact) mass is 1200 g/mol. The van der Waals surface area contributed by atoms with Crippen molar-refractivity contribution in [2.24, 2.45) is 29.4 Å². The van der Waals surface area contributed by atoms with Crippen LogP contribution in [0.5, 0.6) is 0 Å². The molecule has 0 spiro atoms. The second kappa shape index (κ2) is 29.7. The van der Waals surface area contributed by atoms with Crippen LogP contribution in [-0.2, 0) is 102 Å². The number of ether oxygens (including phenoxy) is 5. The van der Waals surface area contributed by atoms with Gasteiger partial charge in [-0.1, -0.05) is 63.6 Å². The van der Waals surface area contributed by atoms with E-state index in [0.717, 1.165) is 59.7 Å². The number of hydrogen-bond donors (Lipinski definition) is 2. The molecule has 3 aliphatic heterocycles. The Morgan fingerprint density at radius 1 is 0.897 bits per heavy atom. The number of likely N-dealkylation sites (tertiary alicyclic amines) is 1. The molecule has 3 unspecified atom stereocenters. The van der Waals surface area contributed by atoms with Crippen LogP contribution in [0.15, 0.2) is 59.5 Å². The minimum absolute atomic E-state index is 0. The number of anilines is 1. The molecule has 466 valence electrons. The molecule has 2 aromatic carbocycles. The Morgan fingerprint density at radius 3 is 2.39 bits per heavy atom. The van der Waals surface area contributed by atoms with Crippen molar-refractivity contribution in [3.63, 3.8) is 0 Å². The van der Waals surface area contributed by atoms with Crippen LogP contribution in [0.4, 0.5) is 10.5 Å². The van der Waals surface area contributed by atoms with Gasteiger partial charge in [-0.2, -0.15) is 0 Å². The Kier molecular flexibility index (Phi) is 22.3. The minimum Gasteiger partial charge on any atom is -0.457 e. The van der Waals surface area contributed by atoms with Crippen molar-refractivity contribution in [3.05, 3.63) is 104 Å². The van der Waals surface area contributed by atoms with Crippen molar-refractivity contribution in [2.45, 2.75) is 163 Å². The molecule has 4 aliphatic rings. The number of imide groups is 1. The SMILES string of the molecule is C.CCc1c2c(nc3ccc(C)cc13)-c1cc3c(c(=O)n1C2)COC(=O)C3(CC)OC(=O)OCc1ccc(NC(=O)C(CCCCN)CC(=O)COCC(=O)CCCOCCn2cc(CCC(=O)C3CCC(CN4C(=O)CC(C)C4=O)CC3)nn2)cc1. The molecule has 2 fully saturated rings. The van der Waals surface area contributed by atoms with Crippen molar-refractivity contribution in [2.75, 3.05) is 44.8 Å². The number of carbonyl (C=O) groups is 8. The highest BCUT2D eigenvalue weighted by Gasteiger charge is 2.51. The number of ketones is 3. The number of Topliss-reactive ketones (excluding diaryl/α,β-unsaturated/α-hetero) is 3. The summed E-state index contributed by atoms with van der Waals surface area (Å²) in [7, 11) is 0. The lowest BCUT2D eigenvalue weighted by atomic mass is 9.79. The van der Waals surface area contributed by atoms with Crippen LogP contribution in [0.2, 0.25) is 0 Å². The van der Waals surface area contributed by atoms with E-state index in [1.165, 1.54) is 4.90 Å². The van der Waals surface area contributed by atoms with Crippen LogP contribution in [-0.4, -0.2) is 116 Å². The number of unbranched alkanes of at least 4 members (excludes halogenated alkanes) is 1. The predicted molar refractivity (Wildman–Crippen MR) is 321 cm³/mol. The lowest BCUT2D eigenvalue weighted by Crippen LogP contribution is -2.47. The largest absolute Gasteiger partial charge is 0.510 e. The van der Waals surface area contributed by atoms with E-state index in [0.29, 0.717) is 106 Å². The topological polar surface area (TPSA) is 290 Å². The van der Waals surface area contributed by atoms with Crippen molar-refractivity contribution < 1.29 is 62.0 Å². The number of fused-ring (bicyclic) bond motifs is 5. The first kappa shape index (κ1) is 65.2. The standard InChI is InChI=1S/C64H78N8O14.CH4/c1-5-49-50-28-39(3)12-22-54(50)67-58-51(49)34-71-55(58)31-53-52(61(71)79)38-84-62(80)64(53,6-2)86-63(81)85-35-42-15-19-45(20-16-42)66-59(77)44(10-7-8-24-65)30-48(74)37-83-36-47(73)11-9-26-82-27-25-70-33-46(68-69-70)21-23-56(75)43-17-13-41(14-18-43)32-72-57(76)29-40(4)60(72)78;/h12,15-16,19-20,22,28,31,33,40-41,43-44H,5-11,13-14,17-18,21,23-27,29-30,32,34-38,65H2,1-4H3,(H,66,77);1H4. The molecule has 22 heteroatoms. The molecule has 87 heavy (non-hydrogen) atoms. The highest BCUT2D eigenvalue weighted by Crippen LogP contribution is 2.43. The van der Waals surface area contributed by atoms with Crippen LogP contribution in [0.3, 0.4) is 0 Å². The number of nitrogens with two attached hydrogens (primary N) is 1. The van der Waals surface area contributed by atoms with E-state index in [9.17, 15) is 43.2 Å². The Bertz CT molecular complexity index is 3420. The van der Waals surface area contributed by atoms with Gasteiger partial charge in [-0.3, -0.25) is 38.5 Å². The molecule has 0 bridgehead atoms. The molecule has 1 saturated carbocycles. The van der Waals surface area contributed by atoms with Gasteiger partial charge in [-0.05, 0) is 119 Å². The van der Waals surface area contributed by atoms with Crippen molar-refractivity contribution in [1.82, 2.24) is 29.4 Å². The van der Waals surface area contributed by atoms with E-state index in [-0.39, 0.29) is 129 Å². The number of rotatable bonds is 30. The van der Waals surface area contributed by atoms with E-state index in [1.807, 2.05) is 19.1 Å². The lowest BCUT2D eigenvalue weighted by molar-refractivity contribution is -0.175. The van der Waals surface area contributed by atoms with Crippen molar-refractivity contribution in [1.29, 1.82) is 0 Å². The summed E-state index contributed by atoms with van der Waals surface area (Å²) in [6.45, 7) is 8.71. The predicted octanol–water partition coefficient (Wildman–Crippen LogP) is 7.97. The Balaban J connectivity index is 0.00000982. The number of cyclic esters (lactones) is 1. The summed E-state index contributed by atoms with van der Waals surface area (Å²) >= 11 is 0. The quantitative estimate of drug-likeness (QED) is 0.0245. The minimum atomic E-state index is -1.96. The number of aromatic nitrogens is 5. The molecule has 6 heterocycles. The second-order valence-corrected chi connectivity index (χ2v) is 23.3.